The first-order valence-corrected chi connectivity index (χ1v) is 4.22. The molecule has 2 N–H and O–H groups in total. The van der Waals surface area contributed by atoms with Crippen molar-refractivity contribution < 1.29 is 19.7 Å². The quantitative estimate of drug-likeness (QED) is 0.747. The van der Waals surface area contributed by atoms with E-state index in [1.807, 2.05) is 0 Å². The summed E-state index contributed by atoms with van der Waals surface area (Å²) in [7, 11) is 3.00. The van der Waals surface area contributed by atoms with Crippen LogP contribution in [-0.2, 0) is 13.2 Å². The predicted octanol–water partition coefficient (Wildman–Crippen LogP) is 0.688. The summed E-state index contributed by atoms with van der Waals surface area (Å²) in [6.07, 6.45) is 0. The molecule has 0 radical (unpaired) electrons. The second-order valence-corrected chi connectivity index (χ2v) is 2.77. The average molecular weight is 198 g/mol. The molecule has 1 aromatic rings. The van der Waals surface area contributed by atoms with E-state index in [0.717, 1.165) is 0 Å². The zero-order chi connectivity index (χ0) is 10.6. The highest BCUT2D eigenvalue weighted by Gasteiger charge is 2.13. The van der Waals surface area contributed by atoms with E-state index in [1.165, 1.54) is 14.2 Å². The number of ether oxygens (including phenoxy) is 2. The summed E-state index contributed by atoms with van der Waals surface area (Å²) in [5.74, 6) is 0.947. The van der Waals surface area contributed by atoms with Crippen molar-refractivity contribution in [2.75, 3.05) is 14.2 Å². The molecular weight excluding hydrogens is 184 g/mol. The highest BCUT2D eigenvalue weighted by atomic mass is 16.5. The second kappa shape index (κ2) is 4.83. The molecule has 0 aliphatic heterocycles. The van der Waals surface area contributed by atoms with Gasteiger partial charge in [-0.2, -0.15) is 0 Å². The van der Waals surface area contributed by atoms with E-state index in [9.17, 15) is 0 Å². The van der Waals surface area contributed by atoms with E-state index in [4.69, 9.17) is 19.7 Å². The lowest BCUT2D eigenvalue weighted by atomic mass is 10.1. The molecule has 0 unspecified atom stereocenters. The molecule has 78 valence electrons. The second-order valence-electron chi connectivity index (χ2n) is 2.77. The van der Waals surface area contributed by atoms with Gasteiger partial charge in [-0.15, -0.1) is 0 Å². The molecule has 0 atom stereocenters. The Balaban J connectivity index is 3.28. The Morgan fingerprint density at radius 1 is 0.929 bits per heavy atom. The molecule has 0 amide bonds. The SMILES string of the molecule is COc1c(CO)ccc(CO)c1OC. The van der Waals surface area contributed by atoms with Gasteiger partial charge in [-0.05, 0) is 0 Å². The number of hydrogen-bond donors (Lipinski definition) is 2. The molecule has 0 fully saturated rings. The monoisotopic (exact) mass is 198 g/mol. The van der Waals surface area contributed by atoms with Crippen LogP contribution in [0, 0.1) is 0 Å². The minimum Gasteiger partial charge on any atom is -0.492 e. The van der Waals surface area contributed by atoms with Crippen LogP contribution >= 0.6 is 0 Å². The van der Waals surface area contributed by atoms with E-state index in [1.54, 1.807) is 12.1 Å². The largest absolute Gasteiger partial charge is 0.492 e. The fraction of sp³-hybridized carbons (Fsp3) is 0.400. The molecule has 0 aliphatic rings. The molecule has 0 spiro atoms. The molecular formula is C10H14O4. The van der Waals surface area contributed by atoms with Gasteiger partial charge in [-0.25, -0.2) is 0 Å². The standard InChI is InChI=1S/C10H14O4/c1-13-9-7(5-11)3-4-8(6-12)10(9)14-2/h3-4,11-12H,5-6H2,1-2H3. The van der Waals surface area contributed by atoms with Gasteiger partial charge >= 0.3 is 0 Å². The van der Waals surface area contributed by atoms with Gasteiger partial charge in [0.25, 0.3) is 0 Å². The van der Waals surface area contributed by atoms with Crippen molar-refractivity contribution in [1.82, 2.24) is 0 Å². The molecule has 1 aromatic carbocycles. The van der Waals surface area contributed by atoms with Gasteiger partial charge < -0.3 is 19.7 Å². The maximum absolute atomic E-state index is 9.04. The van der Waals surface area contributed by atoms with Crippen LogP contribution in [0.15, 0.2) is 12.1 Å². The molecule has 0 bridgehead atoms. The van der Waals surface area contributed by atoms with E-state index < -0.39 is 0 Å². The third kappa shape index (κ3) is 1.81. The van der Waals surface area contributed by atoms with Gasteiger partial charge in [-0.1, -0.05) is 12.1 Å². The molecule has 14 heavy (non-hydrogen) atoms. The Morgan fingerprint density at radius 3 is 1.50 bits per heavy atom. The van der Waals surface area contributed by atoms with Crippen LogP contribution in [0.5, 0.6) is 11.5 Å². The Hall–Kier alpha value is -1.26. The molecule has 0 heterocycles. The fourth-order valence-electron chi connectivity index (χ4n) is 1.34. The Labute approximate surface area is 82.7 Å². The molecule has 0 saturated heterocycles. The first-order valence-electron chi connectivity index (χ1n) is 4.22. The summed E-state index contributed by atoms with van der Waals surface area (Å²) in [6, 6.07) is 3.40. The first kappa shape index (κ1) is 10.8. The van der Waals surface area contributed by atoms with Crippen LogP contribution in [0.25, 0.3) is 0 Å². The first-order chi connectivity index (χ1) is 6.78. The fourth-order valence-corrected chi connectivity index (χ4v) is 1.34. The summed E-state index contributed by atoms with van der Waals surface area (Å²) in [5.41, 5.74) is 1.28. The molecule has 0 aliphatic carbocycles. The van der Waals surface area contributed by atoms with E-state index >= 15 is 0 Å². The van der Waals surface area contributed by atoms with Crippen molar-refractivity contribution in [2.24, 2.45) is 0 Å². The van der Waals surface area contributed by atoms with Gasteiger partial charge in [-0.3, -0.25) is 0 Å². The van der Waals surface area contributed by atoms with Crippen LogP contribution in [0.4, 0.5) is 0 Å². The topological polar surface area (TPSA) is 58.9 Å². The van der Waals surface area contributed by atoms with Gasteiger partial charge in [0.1, 0.15) is 0 Å². The third-order valence-corrected chi connectivity index (χ3v) is 2.02. The molecule has 1 rings (SSSR count). The zero-order valence-corrected chi connectivity index (χ0v) is 8.28. The Morgan fingerprint density at radius 2 is 1.29 bits per heavy atom. The normalized spacial score (nSPS) is 10.0. The van der Waals surface area contributed by atoms with Gasteiger partial charge in [0, 0.05) is 11.1 Å². The number of benzene rings is 1. The highest BCUT2D eigenvalue weighted by Crippen LogP contribution is 2.34. The van der Waals surface area contributed by atoms with Crippen LogP contribution in [0.3, 0.4) is 0 Å². The van der Waals surface area contributed by atoms with Crippen molar-refractivity contribution >= 4 is 0 Å². The Kier molecular flexibility index (Phi) is 3.73. The summed E-state index contributed by atoms with van der Waals surface area (Å²) >= 11 is 0. The summed E-state index contributed by atoms with van der Waals surface area (Å²) < 4.78 is 10.2. The van der Waals surface area contributed by atoms with Crippen molar-refractivity contribution in [3.8, 4) is 11.5 Å². The smallest absolute Gasteiger partial charge is 0.166 e. The van der Waals surface area contributed by atoms with Crippen molar-refractivity contribution in [3.05, 3.63) is 23.3 Å². The lowest BCUT2D eigenvalue weighted by molar-refractivity contribution is 0.259. The van der Waals surface area contributed by atoms with E-state index in [0.29, 0.717) is 22.6 Å². The number of hydrogen-bond acceptors (Lipinski definition) is 4. The lowest BCUT2D eigenvalue weighted by Gasteiger charge is -2.14. The Bertz CT molecular complexity index is 278. The maximum Gasteiger partial charge on any atom is 0.166 e. The van der Waals surface area contributed by atoms with Gasteiger partial charge in [0.15, 0.2) is 11.5 Å². The molecule has 4 heteroatoms. The summed E-state index contributed by atoms with van der Waals surface area (Å²) in [5, 5.41) is 18.1. The number of aliphatic hydroxyl groups excluding tert-OH is 2. The highest BCUT2D eigenvalue weighted by molar-refractivity contribution is 5.51. The molecule has 0 aromatic heterocycles. The number of methoxy groups -OCH3 is 2. The van der Waals surface area contributed by atoms with Gasteiger partial charge in [0.2, 0.25) is 0 Å². The van der Waals surface area contributed by atoms with Crippen LogP contribution in [0.2, 0.25) is 0 Å². The number of rotatable bonds is 4. The van der Waals surface area contributed by atoms with Crippen molar-refractivity contribution in [1.29, 1.82) is 0 Å². The van der Waals surface area contributed by atoms with E-state index in [-0.39, 0.29) is 13.2 Å². The lowest BCUT2D eigenvalue weighted by Crippen LogP contribution is -2.00. The minimum atomic E-state index is -0.120. The zero-order valence-electron chi connectivity index (χ0n) is 8.28. The van der Waals surface area contributed by atoms with Crippen molar-refractivity contribution in [3.63, 3.8) is 0 Å². The summed E-state index contributed by atoms with van der Waals surface area (Å²) in [6.45, 7) is -0.240. The predicted molar refractivity (Wildman–Crippen MR) is 51.4 cm³/mol. The third-order valence-electron chi connectivity index (χ3n) is 2.02. The van der Waals surface area contributed by atoms with Crippen molar-refractivity contribution in [2.45, 2.75) is 13.2 Å². The van der Waals surface area contributed by atoms with E-state index in [2.05, 4.69) is 0 Å². The maximum atomic E-state index is 9.04. The average Bonchev–Trinajstić information content (AvgIpc) is 2.26. The van der Waals surface area contributed by atoms with Crippen LogP contribution < -0.4 is 9.47 Å². The van der Waals surface area contributed by atoms with Gasteiger partial charge in [0.05, 0.1) is 27.4 Å². The van der Waals surface area contributed by atoms with Crippen LogP contribution in [0.1, 0.15) is 11.1 Å². The van der Waals surface area contributed by atoms with Crippen LogP contribution in [-0.4, -0.2) is 24.4 Å². The summed E-state index contributed by atoms with van der Waals surface area (Å²) in [4.78, 5) is 0. The number of aliphatic hydroxyl groups is 2. The minimum absolute atomic E-state index is 0.120. The molecule has 0 saturated carbocycles. The molecule has 4 nitrogen and oxygen atoms in total.